The molecule has 182 valence electrons. The van der Waals surface area contributed by atoms with Crippen molar-refractivity contribution in [2.45, 2.75) is 20.5 Å². The maximum absolute atomic E-state index is 5.97. The van der Waals surface area contributed by atoms with E-state index in [2.05, 4.69) is 0 Å². The summed E-state index contributed by atoms with van der Waals surface area (Å²) >= 11 is 5.97. The van der Waals surface area contributed by atoms with Gasteiger partial charge in [-0.05, 0) is 79.6 Å². The molecule has 0 unspecified atom stereocenters. The van der Waals surface area contributed by atoms with E-state index in [9.17, 15) is 0 Å². The number of methoxy groups -OCH3 is 2. The van der Waals surface area contributed by atoms with Gasteiger partial charge in [0.2, 0.25) is 0 Å². The normalized spacial score (nSPS) is 11.0. The summed E-state index contributed by atoms with van der Waals surface area (Å²) in [5.74, 6) is 2.13. The summed E-state index contributed by atoms with van der Waals surface area (Å²) in [6.45, 7) is 4.46. The molecule has 0 aliphatic carbocycles. The third-order valence-corrected chi connectivity index (χ3v) is 6.29. The van der Waals surface area contributed by atoms with Gasteiger partial charge in [0.05, 0.1) is 25.6 Å². The first-order valence-corrected chi connectivity index (χ1v) is 11.9. The second kappa shape index (κ2) is 9.91. The minimum atomic E-state index is 0.474. The van der Waals surface area contributed by atoms with Gasteiger partial charge in [-0.25, -0.2) is 9.50 Å². The highest BCUT2D eigenvalue weighted by molar-refractivity contribution is 6.30. The molecule has 0 spiro atoms. The van der Waals surface area contributed by atoms with Crippen molar-refractivity contribution in [2.24, 2.45) is 0 Å². The molecule has 0 aliphatic heterocycles. The first-order valence-electron chi connectivity index (χ1n) is 11.5. The zero-order valence-corrected chi connectivity index (χ0v) is 21.3. The van der Waals surface area contributed by atoms with Crippen LogP contribution in [0.3, 0.4) is 0 Å². The third-order valence-electron chi connectivity index (χ3n) is 6.03. The highest BCUT2D eigenvalue weighted by Gasteiger charge is 2.18. The third kappa shape index (κ3) is 4.60. The van der Waals surface area contributed by atoms with Gasteiger partial charge >= 0.3 is 0 Å². The van der Waals surface area contributed by atoms with E-state index in [4.69, 9.17) is 35.9 Å². The predicted octanol–water partition coefficient (Wildman–Crippen LogP) is 6.93. The highest BCUT2D eigenvalue weighted by atomic mass is 35.5. The van der Waals surface area contributed by atoms with E-state index in [0.717, 1.165) is 50.7 Å². The van der Waals surface area contributed by atoms with Crippen LogP contribution in [0.15, 0.2) is 72.8 Å². The zero-order chi connectivity index (χ0) is 25.2. The van der Waals surface area contributed by atoms with Gasteiger partial charge in [0.25, 0.3) is 0 Å². The molecule has 0 radical (unpaired) electrons. The van der Waals surface area contributed by atoms with E-state index >= 15 is 0 Å². The van der Waals surface area contributed by atoms with E-state index in [-0.39, 0.29) is 0 Å². The molecule has 3 aromatic carbocycles. The Morgan fingerprint density at radius 3 is 2.19 bits per heavy atom. The summed E-state index contributed by atoms with van der Waals surface area (Å²) in [5, 5.41) is 5.56. The summed E-state index contributed by atoms with van der Waals surface area (Å²) in [4.78, 5) is 4.84. The molecule has 2 aromatic heterocycles. The van der Waals surface area contributed by atoms with Gasteiger partial charge in [-0.2, -0.15) is 5.10 Å². The van der Waals surface area contributed by atoms with Crippen molar-refractivity contribution in [1.29, 1.82) is 0 Å². The van der Waals surface area contributed by atoms with Gasteiger partial charge < -0.3 is 14.2 Å². The molecule has 0 fully saturated rings. The molecule has 5 rings (SSSR count). The number of benzene rings is 3. The SMILES string of the molecule is COc1ccc(-c2c(C)nn3c(-c4ccc(OCc5ccc(Cl)cc5)cc4)cc(C)nc23)cc1OC. The smallest absolute Gasteiger partial charge is 0.164 e. The fourth-order valence-electron chi connectivity index (χ4n) is 4.25. The number of rotatable bonds is 7. The van der Waals surface area contributed by atoms with Gasteiger partial charge in [0.15, 0.2) is 17.1 Å². The van der Waals surface area contributed by atoms with E-state index in [1.807, 2.05) is 91.2 Å². The lowest BCUT2D eigenvalue weighted by Gasteiger charge is -2.11. The van der Waals surface area contributed by atoms with Crippen LogP contribution >= 0.6 is 11.6 Å². The molecule has 0 saturated carbocycles. The van der Waals surface area contributed by atoms with Gasteiger partial charge in [0, 0.05) is 21.8 Å². The zero-order valence-electron chi connectivity index (χ0n) is 20.6. The lowest BCUT2D eigenvalue weighted by atomic mass is 10.0. The van der Waals surface area contributed by atoms with Gasteiger partial charge in [-0.1, -0.05) is 29.8 Å². The molecule has 2 heterocycles. The minimum Gasteiger partial charge on any atom is -0.493 e. The Kier molecular flexibility index (Phi) is 6.53. The number of aromatic nitrogens is 3. The van der Waals surface area contributed by atoms with Gasteiger partial charge in [-0.15, -0.1) is 0 Å². The van der Waals surface area contributed by atoms with Crippen molar-refractivity contribution in [3.63, 3.8) is 0 Å². The average Bonchev–Trinajstić information content (AvgIpc) is 3.23. The summed E-state index contributed by atoms with van der Waals surface area (Å²) in [7, 11) is 3.26. The van der Waals surface area contributed by atoms with Crippen LogP contribution in [0.1, 0.15) is 17.0 Å². The van der Waals surface area contributed by atoms with Crippen molar-refractivity contribution >= 4 is 17.2 Å². The van der Waals surface area contributed by atoms with E-state index in [1.54, 1.807) is 14.2 Å². The van der Waals surface area contributed by atoms with Crippen LogP contribution in [-0.4, -0.2) is 28.8 Å². The quantitative estimate of drug-likeness (QED) is 0.243. The number of hydrogen-bond donors (Lipinski definition) is 0. The molecule has 36 heavy (non-hydrogen) atoms. The molecule has 7 heteroatoms. The second-order valence-corrected chi connectivity index (χ2v) is 8.92. The van der Waals surface area contributed by atoms with Crippen LogP contribution in [0.25, 0.3) is 28.0 Å². The number of fused-ring (bicyclic) bond motifs is 1. The average molecular weight is 500 g/mol. The molecule has 5 aromatic rings. The Bertz CT molecular complexity index is 1530. The molecule has 6 nitrogen and oxygen atoms in total. The molecule has 0 N–H and O–H groups in total. The number of nitrogens with zero attached hydrogens (tertiary/aromatic N) is 3. The van der Waals surface area contributed by atoms with Crippen LogP contribution in [0, 0.1) is 13.8 Å². The maximum Gasteiger partial charge on any atom is 0.164 e. The van der Waals surface area contributed by atoms with Crippen molar-refractivity contribution in [1.82, 2.24) is 14.6 Å². The number of aryl methyl sites for hydroxylation is 2. The number of ether oxygens (including phenoxy) is 3. The van der Waals surface area contributed by atoms with E-state index in [1.165, 1.54) is 0 Å². The second-order valence-electron chi connectivity index (χ2n) is 8.49. The molecule has 0 bridgehead atoms. The van der Waals surface area contributed by atoms with Crippen LogP contribution in [-0.2, 0) is 6.61 Å². The molecule has 0 atom stereocenters. The molecular weight excluding hydrogens is 474 g/mol. The van der Waals surface area contributed by atoms with Crippen LogP contribution in [0.5, 0.6) is 17.2 Å². The monoisotopic (exact) mass is 499 g/mol. The largest absolute Gasteiger partial charge is 0.493 e. The first kappa shape index (κ1) is 23.7. The number of hydrogen-bond acceptors (Lipinski definition) is 5. The van der Waals surface area contributed by atoms with Crippen molar-refractivity contribution < 1.29 is 14.2 Å². The molecule has 0 saturated heterocycles. The fraction of sp³-hybridized carbons (Fsp3) is 0.172. The Morgan fingerprint density at radius 2 is 1.50 bits per heavy atom. The maximum atomic E-state index is 5.97. The standard InChI is InChI=1S/C29H26ClN3O3/c1-18-15-25(21-7-12-24(13-8-21)36-17-20-5-10-23(30)11-6-20)33-29(31-18)28(19(2)32-33)22-9-14-26(34-3)27(16-22)35-4/h5-16H,17H2,1-4H3. The van der Waals surface area contributed by atoms with Crippen molar-refractivity contribution in [2.75, 3.05) is 14.2 Å². The fourth-order valence-corrected chi connectivity index (χ4v) is 4.38. The Morgan fingerprint density at radius 1 is 0.806 bits per heavy atom. The predicted molar refractivity (Wildman–Crippen MR) is 142 cm³/mol. The lowest BCUT2D eigenvalue weighted by Crippen LogP contribution is -1.99. The molecule has 0 amide bonds. The van der Waals surface area contributed by atoms with Crippen molar-refractivity contribution in [3.05, 3.63) is 94.8 Å². The Balaban J connectivity index is 1.49. The van der Waals surface area contributed by atoms with Gasteiger partial charge in [0.1, 0.15) is 12.4 Å². The Hall–Kier alpha value is -4.03. The summed E-state index contributed by atoms with van der Waals surface area (Å²) in [6.07, 6.45) is 0. The Labute approximate surface area is 215 Å². The molecule has 0 aliphatic rings. The summed E-state index contributed by atoms with van der Waals surface area (Å²) < 4.78 is 18.8. The van der Waals surface area contributed by atoms with Crippen molar-refractivity contribution in [3.8, 4) is 39.6 Å². The highest BCUT2D eigenvalue weighted by Crippen LogP contribution is 2.36. The molecular formula is C29H26ClN3O3. The lowest BCUT2D eigenvalue weighted by molar-refractivity contribution is 0.306. The first-order chi connectivity index (χ1) is 17.5. The van der Waals surface area contributed by atoms with E-state index < -0.39 is 0 Å². The van der Waals surface area contributed by atoms with Gasteiger partial charge in [-0.3, -0.25) is 0 Å². The van der Waals surface area contributed by atoms with Crippen LogP contribution in [0.2, 0.25) is 5.02 Å². The van der Waals surface area contributed by atoms with Crippen LogP contribution < -0.4 is 14.2 Å². The van der Waals surface area contributed by atoms with Crippen LogP contribution in [0.4, 0.5) is 0 Å². The number of halogens is 1. The topological polar surface area (TPSA) is 57.9 Å². The van der Waals surface area contributed by atoms with E-state index in [0.29, 0.717) is 23.1 Å². The summed E-state index contributed by atoms with van der Waals surface area (Å²) in [6, 6.07) is 23.6. The summed E-state index contributed by atoms with van der Waals surface area (Å²) in [5.41, 5.74) is 7.54. The minimum absolute atomic E-state index is 0.474.